The van der Waals surface area contributed by atoms with Gasteiger partial charge >= 0.3 is 5.97 Å². The summed E-state index contributed by atoms with van der Waals surface area (Å²) >= 11 is 0. The topological polar surface area (TPSA) is 99.5 Å². The molecule has 7 nitrogen and oxygen atoms in total. The Hall–Kier alpha value is -0.730. The van der Waals surface area contributed by atoms with Gasteiger partial charge in [-0.1, -0.05) is 182 Å². The van der Waals surface area contributed by atoms with E-state index in [2.05, 4.69) is 32.6 Å². The van der Waals surface area contributed by atoms with Crippen LogP contribution in [0.3, 0.4) is 0 Å². The van der Waals surface area contributed by atoms with E-state index >= 15 is 0 Å². The Labute approximate surface area is 342 Å². The van der Waals surface area contributed by atoms with Crippen LogP contribution in [0.5, 0.6) is 0 Å². The molecule has 3 N–H and O–H groups in total. The Morgan fingerprint density at radius 1 is 0.545 bits per heavy atom. The Balaban J connectivity index is 4.47. The molecule has 330 valence electrons. The van der Waals surface area contributed by atoms with E-state index in [1.165, 1.54) is 116 Å². The summed E-state index contributed by atoms with van der Waals surface area (Å²) in [6.07, 6.45) is 36.4. The third-order valence-corrected chi connectivity index (χ3v) is 11.8. The minimum atomic E-state index is -1.06. The maximum absolute atomic E-state index is 13.0. The van der Waals surface area contributed by atoms with Crippen molar-refractivity contribution in [2.24, 2.45) is 11.8 Å². The fraction of sp³-hybridized carbons (Fsp3) is 0.979. The summed E-state index contributed by atoms with van der Waals surface area (Å²) in [6.45, 7) is 14.1. The predicted octanol–water partition coefficient (Wildman–Crippen LogP) is 12.7. The third-order valence-electron chi connectivity index (χ3n) is 11.8. The number of hydrogen-bond donors (Lipinski definition) is 3. The molecule has 55 heavy (non-hydrogen) atoms. The van der Waals surface area contributed by atoms with E-state index in [0.717, 1.165) is 103 Å². The molecule has 0 fully saturated rings. The average Bonchev–Trinajstić information content (AvgIpc) is 3.17. The molecule has 0 aromatic carbocycles. The van der Waals surface area contributed by atoms with Crippen LogP contribution < -0.4 is 0 Å². The summed E-state index contributed by atoms with van der Waals surface area (Å²) in [5.74, 6) is -0.766. The molecule has 0 radical (unpaired) electrons. The molecule has 0 rings (SSSR count). The van der Waals surface area contributed by atoms with Gasteiger partial charge in [0.2, 0.25) is 0 Å². The first-order valence-corrected chi connectivity index (χ1v) is 24.3. The van der Waals surface area contributed by atoms with E-state index in [-0.39, 0.29) is 24.4 Å². The van der Waals surface area contributed by atoms with Gasteiger partial charge in [-0.05, 0) is 71.4 Å². The minimum Gasteiger partial charge on any atom is -0.465 e. The molecule has 4 atom stereocenters. The summed E-state index contributed by atoms with van der Waals surface area (Å²) in [7, 11) is 0. The van der Waals surface area contributed by atoms with Crippen LogP contribution in [0.25, 0.3) is 0 Å². The van der Waals surface area contributed by atoms with Crippen LogP contribution in [0.2, 0.25) is 0 Å². The highest BCUT2D eigenvalue weighted by atomic mass is 16.6. The van der Waals surface area contributed by atoms with Gasteiger partial charge in [0, 0.05) is 12.5 Å². The number of hydrogen-bond acceptors (Lipinski definition) is 7. The van der Waals surface area contributed by atoms with E-state index < -0.39 is 11.9 Å². The Morgan fingerprint density at radius 3 is 1.40 bits per heavy atom. The molecule has 0 aliphatic rings. The van der Waals surface area contributed by atoms with Gasteiger partial charge in [-0.2, -0.15) is 0 Å². The van der Waals surface area contributed by atoms with Gasteiger partial charge in [0.25, 0.3) is 0 Å². The van der Waals surface area contributed by atoms with Crippen molar-refractivity contribution in [1.82, 2.24) is 4.90 Å². The second-order valence-electron chi connectivity index (χ2n) is 17.2. The van der Waals surface area contributed by atoms with Crippen molar-refractivity contribution >= 4 is 5.97 Å². The summed E-state index contributed by atoms with van der Waals surface area (Å²) in [5.41, 5.74) is 0. The SMILES string of the molecule is CCCCCCCCC(CCCCCC)C(=O)OCCCCCCN(CCCCCCOC(C)(O)C(CCCCCC)CCCCCCCC)CC(O)CO. The van der Waals surface area contributed by atoms with Crippen LogP contribution in [0.1, 0.15) is 240 Å². The number of carbonyl (C=O) groups excluding carboxylic acids is 1. The highest BCUT2D eigenvalue weighted by Crippen LogP contribution is 2.30. The molecule has 0 saturated carbocycles. The zero-order valence-corrected chi connectivity index (χ0v) is 37.6. The molecular weight excluding hydrogens is 687 g/mol. The standard InChI is InChI=1S/C48H97NO6/c1-6-10-14-18-20-27-35-44(34-26-16-12-8-3)47(52)54-40-32-24-22-30-38-49(42-46(51)43-50)39-31-23-25-33-41-55-48(5,53)45(36-28-17-13-9-4)37-29-21-19-15-11-7-2/h44-46,50-51,53H,6-43H2,1-5H3. The molecule has 0 heterocycles. The van der Waals surface area contributed by atoms with Gasteiger partial charge in [-0.15, -0.1) is 0 Å². The molecule has 0 aliphatic carbocycles. The van der Waals surface area contributed by atoms with Gasteiger partial charge < -0.3 is 29.7 Å². The number of ether oxygens (including phenoxy) is 2. The number of aliphatic hydroxyl groups excluding tert-OH is 2. The van der Waals surface area contributed by atoms with Crippen LogP contribution in [0, 0.1) is 11.8 Å². The van der Waals surface area contributed by atoms with Gasteiger partial charge in [-0.3, -0.25) is 4.79 Å². The van der Waals surface area contributed by atoms with Crippen molar-refractivity contribution in [3.05, 3.63) is 0 Å². The van der Waals surface area contributed by atoms with Gasteiger partial charge in [0.1, 0.15) is 0 Å². The zero-order valence-electron chi connectivity index (χ0n) is 37.6. The second-order valence-corrected chi connectivity index (χ2v) is 17.2. The first-order valence-electron chi connectivity index (χ1n) is 24.3. The fourth-order valence-corrected chi connectivity index (χ4v) is 7.96. The van der Waals surface area contributed by atoms with Crippen molar-refractivity contribution in [1.29, 1.82) is 0 Å². The van der Waals surface area contributed by atoms with Crippen molar-refractivity contribution in [3.8, 4) is 0 Å². The molecular formula is C48H97NO6. The number of nitrogens with zero attached hydrogens (tertiary/aromatic N) is 1. The lowest BCUT2D eigenvalue weighted by Crippen LogP contribution is -2.38. The van der Waals surface area contributed by atoms with E-state index in [0.29, 0.717) is 19.8 Å². The minimum absolute atomic E-state index is 0.0247. The van der Waals surface area contributed by atoms with E-state index in [1.54, 1.807) is 0 Å². The molecule has 0 amide bonds. The second kappa shape index (κ2) is 40.1. The third kappa shape index (κ3) is 33.9. The van der Waals surface area contributed by atoms with Crippen LogP contribution in [-0.2, 0) is 14.3 Å². The highest BCUT2D eigenvalue weighted by Gasteiger charge is 2.31. The number of aliphatic hydroxyl groups is 3. The average molecular weight is 784 g/mol. The number of rotatable bonds is 44. The molecule has 0 aliphatic heterocycles. The normalized spacial score (nSPS) is 14.6. The van der Waals surface area contributed by atoms with Crippen LogP contribution in [0.15, 0.2) is 0 Å². The van der Waals surface area contributed by atoms with E-state index in [9.17, 15) is 20.1 Å². The zero-order chi connectivity index (χ0) is 40.7. The van der Waals surface area contributed by atoms with Crippen LogP contribution >= 0.6 is 0 Å². The molecule has 0 saturated heterocycles. The summed E-state index contributed by atoms with van der Waals surface area (Å²) in [5, 5.41) is 31.0. The Kier molecular flexibility index (Phi) is 39.5. The van der Waals surface area contributed by atoms with Crippen molar-refractivity contribution in [2.75, 3.05) is 39.5 Å². The van der Waals surface area contributed by atoms with E-state index in [1.807, 2.05) is 6.92 Å². The smallest absolute Gasteiger partial charge is 0.308 e. The molecule has 7 heteroatoms. The Morgan fingerprint density at radius 2 is 0.927 bits per heavy atom. The first kappa shape index (κ1) is 54.3. The Bertz CT molecular complexity index is 794. The molecule has 4 unspecified atom stereocenters. The van der Waals surface area contributed by atoms with Crippen molar-refractivity contribution in [2.45, 2.75) is 252 Å². The lowest BCUT2D eigenvalue weighted by atomic mass is 9.88. The van der Waals surface area contributed by atoms with Gasteiger partial charge in [0.05, 0.1) is 31.8 Å². The van der Waals surface area contributed by atoms with E-state index in [4.69, 9.17) is 9.47 Å². The first-order chi connectivity index (χ1) is 26.7. The summed E-state index contributed by atoms with van der Waals surface area (Å²) < 4.78 is 12.0. The maximum atomic E-state index is 13.0. The fourth-order valence-electron chi connectivity index (χ4n) is 7.96. The monoisotopic (exact) mass is 784 g/mol. The summed E-state index contributed by atoms with van der Waals surface area (Å²) in [4.78, 5) is 15.3. The number of unbranched alkanes of at least 4 members (excludes halogenated alkanes) is 22. The molecule has 0 aromatic heterocycles. The quantitative estimate of drug-likeness (QED) is 0.0321. The lowest BCUT2D eigenvalue weighted by Gasteiger charge is -2.33. The predicted molar refractivity (Wildman–Crippen MR) is 234 cm³/mol. The van der Waals surface area contributed by atoms with Crippen molar-refractivity contribution in [3.63, 3.8) is 0 Å². The van der Waals surface area contributed by atoms with Gasteiger partial charge in [-0.25, -0.2) is 0 Å². The van der Waals surface area contributed by atoms with Crippen LogP contribution in [-0.4, -0.2) is 77.5 Å². The van der Waals surface area contributed by atoms with Crippen LogP contribution in [0.4, 0.5) is 0 Å². The van der Waals surface area contributed by atoms with Gasteiger partial charge in [0.15, 0.2) is 5.79 Å². The molecule has 0 aromatic rings. The lowest BCUT2D eigenvalue weighted by molar-refractivity contribution is -0.227. The summed E-state index contributed by atoms with van der Waals surface area (Å²) in [6, 6.07) is 0. The number of carbonyl (C=O) groups is 1. The molecule has 0 spiro atoms. The molecule has 0 bridgehead atoms. The van der Waals surface area contributed by atoms with Crippen molar-refractivity contribution < 1.29 is 29.6 Å². The largest absolute Gasteiger partial charge is 0.465 e. The number of esters is 1. The highest BCUT2D eigenvalue weighted by molar-refractivity contribution is 5.72. The maximum Gasteiger partial charge on any atom is 0.308 e.